The maximum absolute atomic E-state index is 13.9. The molecule has 0 saturated heterocycles. The van der Waals surface area contributed by atoms with Gasteiger partial charge < -0.3 is 9.47 Å². The molecule has 38 heavy (non-hydrogen) atoms. The first-order valence-corrected chi connectivity index (χ1v) is 12.3. The number of allylic oxidation sites excluding steroid dienone is 1. The number of halogens is 1. The van der Waals surface area contributed by atoms with Crippen molar-refractivity contribution < 1.29 is 23.9 Å². The summed E-state index contributed by atoms with van der Waals surface area (Å²) < 4.78 is 13.3. The molecule has 2 aliphatic rings. The Balaban J connectivity index is 1.94. The minimum Gasteiger partial charge on any atom is -0.493 e. The monoisotopic (exact) mass is 579 g/mol. The van der Waals surface area contributed by atoms with Gasteiger partial charge in [0.1, 0.15) is 5.82 Å². The van der Waals surface area contributed by atoms with Crippen molar-refractivity contribution in [3.8, 4) is 11.5 Å². The molecule has 3 aromatic rings. The molecule has 0 spiro atoms. The summed E-state index contributed by atoms with van der Waals surface area (Å²) in [5.74, 6) is -1.94. The number of hydrogen-bond donors (Lipinski definition) is 0. The largest absolute Gasteiger partial charge is 0.493 e. The highest BCUT2D eigenvalue weighted by molar-refractivity contribution is 9.10. The molecule has 1 aliphatic carbocycles. The van der Waals surface area contributed by atoms with Crippen molar-refractivity contribution in [3.05, 3.63) is 89.5 Å². The molecular weight excluding hydrogens is 558 g/mol. The van der Waals surface area contributed by atoms with Crippen LogP contribution in [0.3, 0.4) is 0 Å². The normalized spacial score (nSPS) is 15.7. The van der Waals surface area contributed by atoms with Gasteiger partial charge in [-0.25, -0.2) is 4.79 Å². The van der Waals surface area contributed by atoms with Gasteiger partial charge in [-0.05, 0) is 33.6 Å². The summed E-state index contributed by atoms with van der Waals surface area (Å²) in [6, 6.07) is 10.1. The van der Waals surface area contributed by atoms with E-state index in [1.54, 1.807) is 36.4 Å². The number of ether oxygens (including phenoxy) is 2. The van der Waals surface area contributed by atoms with Crippen molar-refractivity contribution in [1.29, 1.82) is 0 Å². The number of hydrogen-bond acceptors (Lipinski definition) is 7. The van der Waals surface area contributed by atoms with E-state index in [0.29, 0.717) is 26.9 Å². The van der Waals surface area contributed by atoms with E-state index in [0.717, 1.165) is 4.57 Å². The Bertz CT molecular complexity index is 1750. The summed E-state index contributed by atoms with van der Waals surface area (Å²) in [4.78, 5) is 66.7. The highest BCUT2D eigenvalue weighted by Gasteiger charge is 2.47. The lowest BCUT2D eigenvalue weighted by Gasteiger charge is -2.36. The maximum atomic E-state index is 13.9. The van der Waals surface area contributed by atoms with Crippen LogP contribution in [0.5, 0.6) is 11.5 Å². The highest BCUT2D eigenvalue weighted by atomic mass is 79.9. The molecule has 0 saturated carbocycles. The number of Topliss-reactive ketones (excluding diaryl/α,β-unsaturated/α-hetero) is 1. The number of carbonyl (C=O) groups excluding carboxylic acids is 3. The van der Waals surface area contributed by atoms with Crippen molar-refractivity contribution in [3.63, 3.8) is 0 Å². The number of methoxy groups -OCH3 is 1. The quantitative estimate of drug-likeness (QED) is 0.346. The average Bonchev–Trinajstić information content (AvgIpc) is 3.17. The molecule has 2 aromatic carbocycles. The lowest BCUT2D eigenvalue weighted by atomic mass is 9.80. The second-order valence-electron chi connectivity index (χ2n) is 9.00. The minimum atomic E-state index is -0.974. The first kappa shape index (κ1) is 25.4. The van der Waals surface area contributed by atoms with Gasteiger partial charge in [0.25, 0.3) is 5.56 Å². The standard InChI is InChI=1S/C27H22BrN3O7/c1-12(32)31-22-15-8-6-7-9-16(15)23(34)20(22)19(21-25(31)29(3)27(36)30(4)26(21)35)14-10-17(28)24(38-13(2)33)18(11-14)37-5/h6-11,19H,1-5H3/t19-/m0/s1. The van der Waals surface area contributed by atoms with Crippen LogP contribution in [0.15, 0.2) is 56.0 Å². The topological polar surface area (TPSA) is 117 Å². The van der Waals surface area contributed by atoms with E-state index < -0.39 is 29.0 Å². The van der Waals surface area contributed by atoms with E-state index in [2.05, 4.69) is 15.9 Å². The third kappa shape index (κ3) is 3.49. The fourth-order valence-corrected chi connectivity index (χ4v) is 5.76. The van der Waals surface area contributed by atoms with E-state index in [9.17, 15) is 24.0 Å². The van der Waals surface area contributed by atoms with Crippen molar-refractivity contribution >= 4 is 45.1 Å². The summed E-state index contributed by atoms with van der Waals surface area (Å²) in [6.07, 6.45) is 0. The zero-order valence-electron chi connectivity index (χ0n) is 21.1. The molecule has 10 nitrogen and oxygen atoms in total. The van der Waals surface area contributed by atoms with Gasteiger partial charge in [0.15, 0.2) is 17.3 Å². The smallest absolute Gasteiger partial charge is 0.332 e. The zero-order valence-corrected chi connectivity index (χ0v) is 22.7. The van der Waals surface area contributed by atoms with Gasteiger partial charge in [0.2, 0.25) is 5.91 Å². The van der Waals surface area contributed by atoms with E-state index in [1.165, 1.54) is 44.5 Å². The van der Waals surface area contributed by atoms with Gasteiger partial charge in [-0.2, -0.15) is 0 Å². The van der Waals surface area contributed by atoms with Crippen LogP contribution in [-0.4, -0.2) is 33.9 Å². The Morgan fingerprint density at radius 1 is 0.974 bits per heavy atom. The molecular formula is C27H22BrN3O7. The van der Waals surface area contributed by atoms with Gasteiger partial charge in [0, 0.05) is 50.6 Å². The zero-order chi connectivity index (χ0) is 27.6. The number of rotatable bonds is 3. The third-order valence-corrected chi connectivity index (χ3v) is 7.34. The first-order valence-electron chi connectivity index (χ1n) is 11.5. The fraction of sp³-hybridized carbons (Fsp3) is 0.222. The number of carbonyl (C=O) groups is 3. The second-order valence-corrected chi connectivity index (χ2v) is 9.85. The van der Waals surface area contributed by atoms with Crippen molar-refractivity contribution in [2.45, 2.75) is 19.8 Å². The number of aromatic nitrogens is 2. The number of benzene rings is 2. The summed E-state index contributed by atoms with van der Waals surface area (Å²) in [7, 11) is 4.21. The van der Waals surface area contributed by atoms with Crippen LogP contribution in [0.25, 0.3) is 5.70 Å². The number of ketones is 1. The molecule has 0 radical (unpaired) electrons. The molecule has 0 N–H and O–H groups in total. The summed E-state index contributed by atoms with van der Waals surface area (Å²) in [5, 5.41) is 0. The third-order valence-electron chi connectivity index (χ3n) is 6.75. The second kappa shape index (κ2) is 8.95. The highest BCUT2D eigenvalue weighted by Crippen LogP contribution is 2.52. The molecule has 5 rings (SSSR count). The van der Waals surface area contributed by atoms with Crippen LogP contribution in [0, 0.1) is 0 Å². The van der Waals surface area contributed by atoms with Crippen molar-refractivity contribution in [1.82, 2.24) is 9.13 Å². The molecule has 0 unspecified atom stereocenters. The molecule has 1 aliphatic heterocycles. The number of fused-ring (bicyclic) bond motifs is 3. The van der Waals surface area contributed by atoms with Gasteiger partial charge in [0.05, 0.1) is 22.8 Å². The molecule has 1 amide bonds. The van der Waals surface area contributed by atoms with Crippen LogP contribution in [0.2, 0.25) is 0 Å². The Hall–Kier alpha value is -4.25. The van der Waals surface area contributed by atoms with Gasteiger partial charge in [-0.3, -0.25) is 33.2 Å². The Labute approximate surface area is 224 Å². The average molecular weight is 580 g/mol. The van der Waals surface area contributed by atoms with Crippen LogP contribution < -0.4 is 25.6 Å². The van der Waals surface area contributed by atoms with Crippen LogP contribution in [0.4, 0.5) is 5.82 Å². The van der Waals surface area contributed by atoms with E-state index in [-0.39, 0.29) is 34.2 Å². The SMILES string of the molecule is COc1cc([C@H]2C3=C(c4ccccc4C3=O)N(C(C)=O)c3c2c(=O)n(C)c(=O)n3C)cc(Br)c1OC(C)=O. The van der Waals surface area contributed by atoms with Gasteiger partial charge in [-0.1, -0.05) is 24.3 Å². The number of amides is 1. The summed E-state index contributed by atoms with van der Waals surface area (Å²) >= 11 is 3.42. The van der Waals surface area contributed by atoms with Crippen LogP contribution >= 0.6 is 15.9 Å². The summed E-state index contributed by atoms with van der Waals surface area (Å²) in [5.41, 5.74) is 0.715. The minimum absolute atomic E-state index is 0.0815. The lowest BCUT2D eigenvalue weighted by Crippen LogP contribution is -2.47. The predicted molar refractivity (Wildman–Crippen MR) is 142 cm³/mol. The molecule has 11 heteroatoms. The van der Waals surface area contributed by atoms with Crippen molar-refractivity contribution in [2.75, 3.05) is 12.0 Å². The van der Waals surface area contributed by atoms with Crippen LogP contribution in [-0.2, 0) is 23.7 Å². The predicted octanol–water partition coefficient (Wildman–Crippen LogP) is 2.89. The summed E-state index contributed by atoms with van der Waals surface area (Å²) in [6.45, 7) is 2.57. The van der Waals surface area contributed by atoms with Gasteiger partial charge >= 0.3 is 11.7 Å². The maximum Gasteiger partial charge on any atom is 0.332 e. The Morgan fingerprint density at radius 3 is 2.24 bits per heavy atom. The van der Waals surface area contributed by atoms with E-state index >= 15 is 0 Å². The molecule has 1 aromatic heterocycles. The lowest BCUT2D eigenvalue weighted by molar-refractivity contribution is -0.132. The Morgan fingerprint density at radius 2 is 1.63 bits per heavy atom. The number of esters is 1. The number of nitrogens with zero attached hydrogens (tertiary/aromatic N) is 3. The fourth-order valence-electron chi connectivity index (χ4n) is 5.22. The first-order chi connectivity index (χ1) is 18.0. The van der Waals surface area contributed by atoms with Crippen molar-refractivity contribution in [2.24, 2.45) is 14.1 Å². The molecule has 2 heterocycles. The molecule has 194 valence electrons. The van der Waals surface area contributed by atoms with E-state index in [4.69, 9.17) is 9.47 Å². The number of anilines is 1. The molecule has 1 atom stereocenters. The molecule has 0 fully saturated rings. The molecule has 0 bridgehead atoms. The van der Waals surface area contributed by atoms with E-state index in [1.807, 2.05) is 0 Å². The van der Waals surface area contributed by atoms with Crippen LogP contribution in [0.1, 0.15) is 46.8 Å². The van der Waals surface area contributed by atoms with Gasteiger partial charge in [-0.15, -0.1) is 0 Å². The Kier molecular flexibility index (Phi) is 5.98.